The minimum absolute atomic E-state index is 0.0221. The highest BCUT2D eigenvalue weighted by Crippen LogP contribution is 2.20. The summed E-state index contributed by atoms with van der Waals surface area (Å²) in [6.45, 7) is 2.05. The van der Waals surface area contributed by atoms with Crippen molar-refractivity contribution in [3.8, 4) is 11.6 Å². The summed E-state index contributed by atoms with van der Waals surface area (Å²) in [7, 11) is 3.48. The van der Waals surface area contributed by atoms with Gasteiger partial charge in [0.15, 0.2) is 5.69 Å². The summed E-state index contributed by atoms with van der Waals surface area (Å²) < 4.78 is 11.2. The highest BCUT2D eigenvalue weighted by Gasteiger charge is 2.25. The second-order valence-corrected chi connectivity index (χ2v) is 7.33. The number of hydrogen-bond acceptors (Lipinski definition) is 10. The number of rotatable bonds is 8. The van der Waals surface area contributed by atoms with Crippen LogP contribution in [0, 0.1) is 0 Å². The third-order valence-corrected chi connectivity index (χ3v) is 5.09. The highest BCUT2D eigenvalue weighted by molar-refractivity contribution is 6.00. The van der Waals surface area contributed by atoms with E-state index >= 15 is 0 Å². The second kappa shape index (κ2) is 9.81. The van der Waals surface area contributed by atoms with Gasteiger partial charge in [-0.1, -0.05) is 23.4 Å². The van der Waals surface area contributed by atoms with E-state index in [4.69, 9.17) is 15.1 Å². The van der Waals surface area contributed by atoms with Crippen molar-refractivity contribution in [3.05, 3.63) is 71.5 Å². The average Bonchev–Trinajstić information content (AvgIpc) is 3.48. The number of nitrogen functional groups attached to an aromatic ring is 1. The monoisotopic (exact) mass is 461 g/mol. The molecule has 174 valence electrons. The van der Waals surface area contributed by atoms with Gasteiger partial charge in [-0.15, -0.1) is 5.10 Å². The Kier molecular flexibility index (Phi) is 6.48. The summed E-state index contributed by atoms with van der Waals surface area (Å²) >= 11 is 0. The minimum Gasteiger partial charge on any atom is -0.497 e. The van der Waals surface area contributed by atoms with Gasteiger partial charge >= 0.3 is 0 Å². The number of carbonyl (C=O) groups excluding carboxylic acids is 1. The number of nitrogens with one attached hydrogen (secondary N) is 1. The number of hydrogen-bond donors (Lipinski definition) is 2. The minimum atomic E-state index is -0.536. The van der Waals surface area contributed by atoms with Crippen LogP contribution in [0.5, 0.6) is 5.75 Å². The summed E-state index contributed by atoms with van der Waals surface area (Å²) in [5, 5.41) is 19.7. The molecule has 0 saturated heterocycles. The maximum absolute atomic E-state index is 13.0. The Morgan fingerprint density at radius 2 is 1.91 bits per heavy atom. The first-order valence-electron chi connectivity index (χ1n) is 10.3. The SMILES string of the molecule is COc1ccc(/C(C)=N\NC(=O)c2nnn(-c3nonc3N)c2CN(C)c2ccccc2)cc1. The van der Waals surface area contributed by atoms with Gasteiger partial charge in [-0.2, -0.15) is 9.78 Å². The molecule has 0 aliphatic carbocycles. The number of para-hydroxylation sites is 1. The Morgan fingerprint density at radius 3 is 2.56 bits per heavy atom. The smallest absolute Gasteiger partial charge is 0.293 e. The van der Waals surface area contributed by atoms with Gasteiger partial charge in [-0.3, -0.25) is 4.79 Å². The molecule has 0 radical (unpaired) electrons. The first-order chi connectivity index (χ1) is 16.5. The van der Waals surface area contributed by atoms with E-state index < -0.39 is 5.91 Å². The van der Waals surface area contributed by atoms with Crippen molar-refractivity contribution in [2.45, 2.75) is 13.5 Å². The molecule has 0 aliphatic heterocycles. The molecule has 1 amide bonds. The Morgan fingerprint density at radius 1 is 1.18 bits per heavy atom. The number of ether oxygens (including phenoxy) is 1. The standard InChI is InChI=1S/C22H23N9O3/c1-14(15-9-11-17(33-3)12-10-15)24-26-22(32)19-18(13-30(2)16-7-5-4-6-8-16)31(29-25-19)21-20(23)27-34-28-21/h4-12H,13H2,1-3H3,(H2,23,27)(H,26,32)/b24-14-. The predicted octanol–water partition coefficient (Wildman–Crippen LogP) is 2.03. The Labute approximate surface area is 195 Å². The van der Waals surface area contributed by atoms with Crippen molar-refractivity contribution in [3.63, 3.8) is 0 Å². The molecule has 2 aromatic carbocycles. The number of nitrogens with two attached hydrogens (primary N) is 1. The van der Waals surface area contributed by atoms with Crippen LogP contribution < -0.4 is 20.8 Å². The van der Waals surface area contributed by atoms with E-state index in [0.717, 1.165) is 17.0 Å². The van der Waals surface area contributed by atoms with Crippen LogP contribution in [0.3, 0.4) is 0 Å². The van der Waals surface area contributed by atoms with Gasteiger partial charge in [0.25, 0.3) is 5.91 Å². The molecule has 0 atom stereocenters. The molecular weight excluding hydrogens is 438 g/mol. The van der Waals surface area contributed by atoms with E-state index in [0.29, 0.717) is 11.4 Å². The maximum Gasteiger partial charge on any atom is 0.293 e. The number of amides is 1. The lowest BCUT2D eigenvalue weighted by atomic mass is 10.1. The largest absolute Gasteiger partial charge is 0.497 e. The first-order valence-corrected chi connectivity index (χ1v) is 10.3. The zero-order chi connectivity index (χ0) is 24.1. The fourth-order valence-corrected chi connectivity index (χ4v) is 3.21. The van der Waals surface area contributed by atoms with E-state index in [1.54, 1.807) is 14.0 Å². The van der Waals surface area contributed by atoms with Crippen LogP contribution in [0.2, 0.25) is 0 Å². The topological polar surface area (TPSA) is 150 Å². The number of anilines is 2. The van der Waals surface area contributed by atoms with Crippen LogP contribution in [0.25, 0.3) is 5.82 Å². The molecular formula is C22H23N9O3. The molecule has 2 aromatic heterocycles. The number of benzene rings is 2. The summed E-state index contributed by atoms with van der Waals surface area (Å²) in [5.41, 5.74) is 11.3. The van der Waals surface area contributed by atoms with Crippen LogP contribution >= 0.6 is 0 Å². The number of carbonyl (C=O) groups is 1. The molecule has 0 saturated carbocycles. The zero-order valence-electron chi connectivity index (χ0n) is 18.8. The van der Waals surface area contributed by atoms with Crippen LogP contribution in [-0.2, 0) is 6.54 Å². The van der Waals surface area contributed by atoms with Gasteiger partial charge in [0, 0.05) is 12.7 Å². The van der Waals surface area contributed by atoms with Gasteiger partial charge in [0.2, 0.25) is 11.6 Å². The quantitative estimate of drug-likeness (QED) is 0.297. The maximum atomic E-state index is 13.0. The van der Waals surface area contributed by atoms with Crippen LogP contribution in [0.15, 0.2) is 64.3 Å². The lowest BCUT2D eigenvalue weighted by Crippen LogP contribution is -2.25. The van der Waals surface area contributed by atoms with Crippen molar-refractivity contribution in [1.29, 1.82) is 0 Å². The summed E-state index contributed by atoms with van der Waals surface area (Å²) in [6, 6.07) is 17.0. The van der Waals surface area contributed by atoms with Crippen molar-refractivity contribution >= 4 is 23.1 Å². The van der Waals surface area contributed by atoms with E-state index in [1.165, 1.54) is 4.68 Å². The lowest BCUT2D eigenvalue weighted by molar-refractivity contribution is 0.0948. The summed E-state index contributed by atoms with van der Waals surface area (Å²) in [5.74, 6) is 0.353. The molecule has 0 spiro atoms. The van der Waals surface area contributed by atoms with Gasteiger partial charge < -0.3 is 15.4 Å². The Balaban J connectivity index is 1.62. The van der Waals surface area contributed by atoms with Crippen molar-refractivity contribution in [1.82, 2.24) is 30.7 Å². The van der Waals surface area contributed by atoms with Crippen LogP contribution in [0.1, 0.15) is 28.7 Å². The predicted molar refractivity (Wildman–Crippen MR) is 125 cm³/mol. The summed E-state index contributed by atoms with van der Waals surface area (Å²) in [6.07, 6.45) is 0. The second-order valence-electron chi connectivity index (χ2n) is 7.33. The molecule has 0 fully saturated rings. The Bertz CT molecular complexity index is 1300. The van der Waals surface area contributed by atoms with Crippen molar-refractivity contribution in [2.24, 2.45) is 5.10 Å². The van der Waals surface area contributed by atoms with Gasteiger partial charge in [0.05, 0.1) is 25.1 Å². The van der Waals surface area contributed by atoms with Crippen molar-refractivity contribution in [2.75, 3.05) is 24.8 Å². The zero-order valence-corrected chi connectivity index (χ0v) is 18.8. The fourth-order valence-electron chi connectivity index (χ4n) is 3.21. The van der Waals surface area contributed by atoms with Gasteiger partial charge in [-0.05, 0) is 59.2 Å². The molecule has 0 unspecified atom stereocenters. The van der Waals surface area contributed by atoms with E-state index in [2.05, 4.69) is 31.2 Å². The summed E-state index contributed by atoms with van der Waals surface area (Å²) in [4.78, 5) is 15.0. The van der Waals surface area contributed by atoms with Crippen LogP contribution in [-0.4, -0.2) is 51.1 Å². The molecule has 34 heavy (non-hydrogen) atoms. The third-order valence-electron chi connectivity index (χ3n) is 5.09. The average molecular weight is 461 g/mol. The Hall–Kier alpha value is -4.74. The van der Waals surface area contributed by atoms with Gasteiger partial charge in [0.1, 0.15) is 5.75 Å². The van der Waals surface area contributed by atoms with E-state index in [-0.39, 0.29) is 23.9 Å². The lowest BCUT2D eigenvalue weighted by Gasteiger charge is -2.19. The fraction of sp³-hybridized carbons (Fsp3) is 0.182. The first kappa shape index (κ1) is 22.5. The molecule has 3 N–H and O–H groups in total. The number of methoxy groups -OCH3 is 1. The number of hydrazone groups is 1. The molecule has 0 bridgehead atoms. The highest BCUT2D eigenvalue weighted by atomic mass is 16.6. The molecule has 2 heterocycles. The van der Waals surface area contributed by atoms with Crippen molar-refractivity contribution < 1.29 is 14.2 Å². The molecule has 4 aromatic rings. The normalized spacial score (nSPS) is 11.3. The molecule has 0 aliphatic rings. The van der Waals surface area contributed by atoms with E-state index in [1.807, 2.05) is 66.5 Å². The third kappa shape index (κ3) is 4.70. The molecule has 12 heteroatoms. The van der Waals surface area contributed by atoms with Crippen LogP contribution in [0.4, 0.5) is 11.5 Å². The molecule has 4 rings (SSSR count). The van der Waals surface area contributed by atoms with Gasteiger partial charge in [-0.25, -0.2) is 10.1 Å². The number of aromatic nitrogens is 5. The van der Waals surface area contributed by atoms with E-state index in [9.17, 15) is 4.79 Å². The number of nitrogens with zero attached hydrogens (tertiary/aromatic N) is 7. The molecule has 12 nitrogen and oxygen atoms in total.